The molecular weight excluding hydrogens is 420 g/mol. The Bertz CT molecular complexity index is 1400. The van der Waals surface area contributed by atoms with Crippen LogP contribution in [0.25, 0.3) is 21.8 Å². The zero-order valence-corrected chi connectivity index (χ0v) is 18.3. The maximum absolute atomic E-state index is 12.5. The molecule has 4 rings (SSSR count). The van der Waals surface area contributed by atoms with Crippen molar-refractivity contribution in [1.29, 1.82) is 0 Å². The van der Waals surface area contributed by atoms with Crippen molar-refractivity contribution in [3.05, 3.63) is 66.2 Å². The second-order valence-corrected chi connectivity index (χ2v) is 7.71. The topological polar surface area (TPSA) is 116 Å². The van der Waals surface area contributed by atoms with Gasteiger partial charge in [0.15, 0.2) is 0 Å². The average Bonchev–Trinajstić information content (AvgIpc) is 3.10. The van der Waals surface area contributed by atoms with Gasteiger partial charge in [-0.3, -0.25) is 9.59 Å². The zero-order valence-electron chi connectivity index (χ0n) is 18.3. The number of rotatable bonds is 6. The molecule has 168 valence electrons. The van der Waals surface area contributed by atoms with Crippen LogP contribution in [0.5, 0.6) is 11.5 Å². The van der Waals surface area contributed by atoms with E-state index in [0.29, 0.717) is 11.4 Å². The van der Waals surface area contributed by atoms with Crippen LogP contribution in [-0.2, 0) is 11.3 Å². The standard InChI is InChI=1S/C25H24N4O4/c1-3-29-21-7-5-4-6-18(21)20-13-16(8-11-22(20)29)26-24(32)12-15(2)27-28-25(33)19-10-9-17(30)14-23(19)31/h4-11,13-14,30-31H,3,12H2,1-2H3,(H,26,32)(H,28,33). The lowest BCUT2D eigenvalue weighted by Gasteiger charge is -2.07. The van der Waals surface area contributed by atoms with Crippen molar-refractivity contribution in [3.8, 4) is 11.5 Å². The highest BCUT2D eigenvalue weighted by molar-refractivity contribution is 6.11. The molecule has 0 bridgehead atoms. The van der Waals surface area contributed by atoms with E-state index in [4.69, 9.17) is 0 Å². The van der Waals surface area contributed by atoms with Gasteiger partial charge >= 0.3 is 0 Å². The Hall–Kier alpha value is -4.33. The third-order valence-electron chi connectivity index (χ3n) is 5.36. The number of anilines is 1. The molecule has 0 radical (unpaired) electrons. The monoisotopic (exact) mass is 444 g/mol. The van der Waals surface area contributed by atoms with Crippen molar-refractivity contribution >= 4 is 45.0 Å². The highest BCUT2D eigenvalue weighted by atomic mass is 16.3. The van der Waals surface area contributed by atoms with Crippen LogP contribution in [0, 0.1) is 0 Å². The van der Waals surface area contributed by atoms with E-state index >= 15 is 0 Å². The molecular formula is C25H24N4O4. The average molecular weight is 444 g/mol. The molecule has 0 aliphatic heterocycles. The summed E-state index contributed by atoms with van der Waals surface area (Å²) < 4.78 is 2.24. The van der Waals surface area contributed by atoms with Gasteiger partial charge in [0, 0.05) is 45.8 Å². The summed E-state index contributed by atoms with van der Waals surface area (Å²) in [5.41, 5.74) is 5.60. The molecule has 8 nitrogen and oxygen atoms in total. The molecule has 0 saturated heterocycles. The lowest BCUT2D eigenvalue weighted by molar-refractivity contribution is -0.115. The van der Waals surface area contributed by atoms with Crippen molar-refractivity contribution in [2.24, 2.45) is 5.10 Å². The number of amides is 2. The number of carbonyl (C=O) groups is 2. The minimum Gasteiger partial charge on any atom is -0.508 e. The predicted octanol–water partition coefficient (Wildman–Crippen LogP) is 4.36. The summed E-state index contributed by atoms with van der Waals surface area (Å²) in [5.74, 6) is -1.43. The molecule has 33 heavy (non-hydrogen) atoms. The number of aromatic hydroxyl groups is 2. The first kappa shape index (κ1) is 21.9. The molecule has 1 aromatic heterocycles. The lowest BCUT2D eigenvalue weighted by Crippen LogP contribution is -2.21. The molecule has 2 amide bonds. The van der Waals surface area contributed by atoms with Crippen LogP contribution in [0.4, 0.5) is 5.69 Å². The molecule has 0 unspecified atom stereocenters. The number of carbonyl (C=O) groups excluding carboxylic acids is 2. The van der Waals surface area contributed by atoms with Gasteiger partial charge in [-0.05, 0) is 50.2 Å². The maximum atomic E-state index is 12.5. The molecule has 1 heterocycles. The predicted molar refractivity (Wildman–Crippen MR) is 129 cm³/mol. The Kier molecular flexibility index (Phi) is 5.99. The van der Waals surface area contributed by atoms with E-state index < -0.39 is 5.91 Å². The summed E-state index contributed by atoms with van der Waals surface area (Å²) in [7, 11) is 0. The number of nitrogens with one attached hydrogen (secondary N) is 2. The van der Waals surface area contributed by atoms with Gasteiger partial charge in [0.25, 0.3) is 5.91 Å². The Morgan fingerprint density at radius 3 is 2.48 bits per heavy atom. The van der Waals surface area contributed by atoms with E-state index in [1.54, 1.807) is 6.92 Å². The fourth-order valence-electron chi connectivity index (χ4n) is 3.87. The smallest absolute Gasteiger partial charge is 0.275 e. The first-order valence-electron chi connectivity index (χ1n) is 10.5. The van der Waals surface area contributed by atoms with Crippen LogP contribution in [0.3, 0.4) is 0 Å². The van der Waals surface area contributed by atoms with Crippen LogP contribution in [0.2, 0.25) is 0 Å². The molecule has 0 spiro atoms. The summed E-state index contributed by atoms with van der Waals surface area (Å²) in [6, 6.07) is 17.6. The van der Waals surface area contributed by atoms with E-state index in [1.807, 2.05) is 30.3 Å². The minimum absolute atomic E-state index is 0.0173. The first-order chi connectivity index (χ1) is 15.9. The Labute approximate surface area is 190 Å². The summed E-state index contributed by atoms with van der Waals surface area (Å²) in [6.07, 6.45) is -0.0173. The molecule has 3 aromatic carbocycles. The van der Waals surface area contributed by atoms with Crippen LogP contribution in [-0.4, -0.2) is 32.3 Å². The number of nitrogens with zero attached hydrogens (tertiary/aromatic N) is 2. The summed E-state index contributed by atoms with van der Waals surface area (Å²) in [4.78, 5) is 24.7. The van der Waals surface area contributed by atoms with Gasteiger partial charge in [0.2, 0.25) is 5.91 Å². The number of hydrogen-bond acceptors (Lipinski definition) is 5. The molecule has 8 heteroatoms. The molecule has 4 aromatic rings. The fraction of sp³-hybridized carbons (Fsp3) is 0.160. The molecule has 0 aliphatic rings. The van der Waals surface area contributed by atoms with Crippen molar-refractivity contribution in [2.75, 3.05) is 5.32 Å². The number of phenols is 2. The number of hydrazone groups is 1. The van der Waals surface area contributed by atoms with Crippen LogP contribution in [0.15, 0.2) is 65.8 Å². The number of benzene rings is 3. The van der Waals surface area contributed by atoms with Gasteiger partial charge in [0.05, 0.1) is 12.0 Å². The number of aromatic nitrogens is 1. The van der Waals surface area contributed by atoms with Crippen LogP contribution < -0.4 is 10.7 Å². The van der Waals surface area contributed by atoms with Crippen LogP contribution in [0.1, 0.15) is 30.6 Å². The number of fused-ring (bicyclic) bond motifs is 3. The van der Waals surface area contributed by atoms with Gasteiger partial charge in [-0.15, -0.1) is 0 Å². The van der Waals surface area contributed by atoms with Gasteiger partial charge in [0.1, 0.15) is 11.5 Å². The summed E-state index contributed by atoms with van der Waals surface area (Å²) in [5, 5.41) is 28.1. The highest BCUT2D eigenvalue weighted by Crippen LogP contribution is 2.31. The van der Waals surface area contributed by atoms with E-state index in [2.05, 4.69) is 39.5 Å². The van der Waals surface area contributed by atoms with Crippen molar-refractivity contribution in [2.45, 2.75) is 26.8 Å². The number of aryl methyl sites for hydroxylation is 1. The van der Waals surface area contributed by atoms with E-state index in [9.17, 15) is 19.8 Å². The van der Waals surface area contributed by atoms with E-state index in [0.717, 1.165) is 34.4 Å². The van der Waals surface area contributed by atoms with Crippen molar-refractivity contribution in [3.63, 3.8) is 0 Å². The third-order valence-corrected chi connectivity index (χ3v) is 5.36. The molecule has 4 N–H and O–H groups in total. The molecule has 0 saturated carbocycles. The third kappa shape index (κ3) is 4.50. The molecule has 0 atom stereocenters. The Balaban J connectivity index is 1.45. The summed E-state index contributed by atoms with van der Waals surface area (Å²) >= 11 is 0. The van der Waals surface area contributed by atoms with Crippen molar-refractivity contribution < 1.29 is 19.8 Å². The SMILES string of the molecule is CCn1c2ccccc2c2cc(NC(=O)CC(C)=NNC(=O)c3ccc(O)cc3O)ccc21. The Morgan fingerprint density at radius 1 is 0.970 bits per heavy atom. The van der Waals surface area contributed by atoms with E-state index in [1.165, 1.54) is 12.1 Å². The Morgan fingerprint density at radius 2 is 1.73 bits per heavy atom. The van der Waals surface area contributed by atoms with Gasteiger partial charge in [-0.2, -0.15) is 5.10 Å². The maximum Gasteiger partial charge on any atom is 0.275 e. The quantitative estimate of drug-likeness (QED) is 0.261. The second kappa shape index (κ2) is 9.04. The largest absolute Gasteiger partial charge is 0.508 e. The lowest BCUT2D eigenvalue weighted by atomic mass is 10.1. The zero-order chi connectivity index (χ0) is 23.5. The molecule has 0 fully saturated rings. The minimum atomic E-state index is -0.648. The van der Waals surface area contributed by atoms with Crippen molar-refractivity contribution in [1.82, 2.24) is 9.99 Å². The van der Waals surface area contributed by atoms with Gasteiger partial charge < -0.3 is 20.1 Å². The number of para-hydroxylation sites is 1. The van der Waals surface area contributed by atoms with Crippen LogP contribution >= 0.6 is 0 Å². The fourth-order valence-corrected chi connectivity index (χ4v) is 3.87. The first-order valence-corrected chi connectivity index (χ1v) is 10.5. The summed E-state index contributed by atoms with van der Waals surface area (Å²) in [6.45, 7) is 4.57. The van der Waals surface area contributed by atoms with Gasteiger partial charge in [-0.1, -0.05) is 18.2 Å². The number of hydrogen-bond donors (Lipinski definition) is 4. The second-order valence-electron chi connectivity index (χ2n) is 7.71. The van der Waals surface area contributed by atoms with Gasteiger partial charge in [-0.25, -0.2) is 5.43 Å². The van der Waals surface area contributed by atoms with E-state index in [-0.39, 0.29) is 29.4 Å². The highest BCUT2D eigenvalue weighted by Gasteiger charge is 2.13. The number of phenolic OH excluding ortho intramolecular Hbond substituents is 2. The normalized spacial score (nSPS) is 11.6. The molecule has 0 aliphatic carbocycles.